The standard InChI is InChI=1S/C12H25NS/c1-3-5-6-11(4-2)9-13-12-7-8-14-10-12/h11-13H,3-10H2,1-2H3/t11-,12-/m0/s1. The number of thioether (sulfide) groups is 1. The van der Waals surface area contributed by atoms with Crippen LogP contribution in [0.15, 0.2) is 0 Å². The minimum Gasteiger partial charge on any atom is -0.313 e. The molecule has 2 heteroatoms. The van der Waals surface area contributed by atoms with Crippen LogP contribution in [0, 0.1) is 5.92 Å². The molecule has 1 heterocycles. The number of hydrogen-bond donors (Lipinski definition) is 1. The molecule has 1 rings (SSSR count). The molecule has 1 fully saturated rings. The Bertz CT molecular complexity index is 132. The van der Waals surface area contributed by atoms with Crippen molar-refractivity contribution in [3.8, 4) is 0 Å². The van der Waals surface area contributed by atoms with Crippen LogP contribution in [0.2, 0.25) is 0 Å². The molecule has 1 aliphatic rings. The molecule has 0 radical (unpaired) electrons. The third-order valence-electron chi connectivity index (χ3n) is 3.17. The Balaban J connectivity index is 2.06. The highest BCUT2D eigenvalue weighted by molar-refractivity contribution is 7.99. The summed E-state index contributed by atoms with van der Waals surface area (Å²) in [4.78, 5) is 0. The molecule has 0 bridgehead atoms. The Morgan fingerprint density at radius 3 is 2.86 bits per heavy atom. The summed E-state index contributed by atoms with van der Waals surface area (Å²) in [5, 5.41) is 3.72. The molecule has 1 saturated heterocycles. The number of nitrogens with one attached hydrogen (secondary N) is 1. The second kappa shape index (κ2) is 7.58. The van der Waals surface area contributed by atoms with E-state index in [9.17, 15) is 0 Å². The van der Waals surface area contributed by atoms with Gasteiger partial charge in [-0.2, -0.15) is 11.8 Å². The molecule has 0 aromatic rings. The van der Waals surface area contributed by atoms with Gasteiger partial charge >= 0.3 is 0 Å². The largest absolute Gasteiger partial charge is 0.313 e. The highest BCUT2D eigenvalue weighted by Crippen LogP contribution is 2.18. The van der Waals surface area contributed by atoms with Crippen LogP contribution in [0.1, 0.15) is 46.0 Å². The second-order valence-electron chi connectivity index (χ2n) is 4.39. The fourth-order valence-corrected chi connectivity index (χ4v) is 3.16. The minimum atomic E-state index is 0.815. The van der Waals surface area contributed by atoms with E-state index in [1.54, 1.807) is 0 Å². The first-order chi connectivity index (χ1) is 6.86. The van der Waals surface area contributed by atoms with Gasteiger partial charge in [-0.15, -0.1) is 0 Å². The minimum absolute atomic E-state index is 0.815. The number of unbranched alkanes of at least 4 members (excludes halogenated alkanes) is 1. The number of rotatable bonds is 7. The first-order valence-electron chi connectivity index (χ1n) is 6.18. The van der Waals surface area contributed by atoms with Crippen molar-refractivity contribution in [3.05, 3.63) is 0 Å². The molecule has 0 saturated carbocycles. The molecule has 1 nitrogen and oxygen atoms in total. The lowest BCUT2D eigenvalue weighted by Gasteiger charge is -2.18. The summed E-state index contributed by atoms with van der Waals surface area (Å²) in [6.45, 7) is 5.86. The van der Waals surface area contributed by atoms with E-state index >= 15 is 0 Å². The van der Waals surface area contributed by atoms with Crippen molar-refractivity contribution >= 4 is 11.8 Å². The van der Waals surface area contributed by atoms with Crippen molar-refractivity contribution < 1.29 is 0 Å². The van der Waals surface area contributed by atoms with E-state index in [1.807, 2.05) is 0 Å². The van der Waals surface area contributed by atoms with Gasteiger partial charge < -0.3 is 5.32 Å². The Morgan fingerprint density at radius 1 is 1.43 bits per heavy atom. The maximum atomic E-state index is 3.72. The topological polar surface area (TPSA) is 12.0 Å². The van der Waals surface area contributed by atoms with Crippen molar-refractivity contribution in [1.82, 2.24) is 5.32 Å². The lowest BCUT2D eigenvalue weighted by molar-refractivity contribution is 0.397. The van der Waals surface area contributed by atoms with Crippen molar-refractivity contribution in [2.45, 2.75) is 52.0 Å². The maximum Gasteiger partial charge on any atom is 0.0166 e. The van der Waals surface area contributed by atoms with E-state index in [0.717, 1.165) is 12.0 Å². The zero-order valence-corrected chi connectivity index (χ0v) is 10.5. The molecule has 0 amide bonds. The highest BCUT2D eigenvalue weighted by Gasteiger charge is 2.15. The molecule has 0 aromatic carbocycles. The van der Waals surface area contributed by atoms with Gasteiger partial charge in [0.2, 0.25) is 0 Å². The van der Waals surface area contributed by atoms with E-state index in [2.05, 4.69) is 30.9 Å². The third kappa shape index (κ3) is 4.70. The van der Waals surface area contributed by atoms with Crippen LogP contribution >= 0.6 is 11.8 Å². The van der Waals surface area contributed by atoms with E-state index in [0.29, 0.717) is 0 Å². The average Bonchev–Trinajstić information content (AvgIpc) is 2.71. The van der Waals surface area contributed by atoms with Gasteiger partial charge in [0.1, 0.15) is 0 Å². The highest BCUT2D eigenvalue weighted by atomic mass is 32.2. The zero-order chi connectivity index (χ0) is 10.2. The fourth-order valence-electron chi connectivity index (χ4n) is 1.97. The van der Waals surface area contributed by atoms with E-state index < -0.39 is 0 Å². The quantitative estimate of drug-likeness (QED) is 0.699. The normalized spacial score (nSPS) is 24.0. The molecule has 0 unspecified atom stereocenters. The van der Waals surface area contributed by atoms with Crippen molar-refractivity contribution in [2.24, 2.45) is 5.92 Å². The van der Waals surface area contributed by atoms with Gasteiger partial charge in [0.15, 0.2) is 0 Å². The maximum absolute atomic E-state index is 3.72. The molecule has 84 valence electrons. The summed E-state index contributed by atoms with van der Waals surface area (Å²) in [6, 6.07) is 0.815. The Hall–Kier alpha value is 0.310. The van der Waals surface area contributed by atoms with E-state index in [-0.39, 0.29) is 0 Å². The first kappa shape index (κ1) is 12.4. The molecule has 0 aromatic heterocycles. The van der Waals surface area contributed by atoms with Crippen molar-refractivity contribution in [3.63, 3.8) is 0 Å². The average molecular weight is 215 g/mol. The monoisotopic (exact) mass is 215 g/mol. The summed E-state index contributed by atoms with van der Waals surface area (Å²) < 4.78 is 0. The predicted molar refractivity (Wildman–Crippen MR) is 67.0 cm³/mol. The summed E-state index contributed by atoms with van der Waals surface area (Å²) >= 11 is 2.10. The van der Waals surface area contributed by atoms with Crippen LogP contribution in [-0.2, 0) is 0 Å². The number of hydrogen-bond acceptors (Lipinski definition) is 2. The van der Waals surface area contributed by atoms with Crippen molar-refractivity contribution in [1.29, 1.82) is 0 Å². The van der Waals surface area contributed by atoms with Gasteiger partial charge in [-0.3, -0.25) is 0 Å². The SMILES string of the molecule is CCCC[C@H](CC)CN[C@H]1CCSC1. The summed E-state index contributed by atoms with van der Waals surface area (Å²) in [5.41, 5.74) is 0. The van der Waals surface area contributed by atoms with Crippen molar-refractivity contribution in [2.75, 3.05) is 18.1 Å². The van der Waals surface area contributed by atoms with Crippen LogP contribution < -0.4 is 5.32 Å². The van der Waals surface area contributed by atoms with Gasteiger partial charge in [0.05, 0.1) is 0 Å². The Labute approximate surface area is 93.4 Å². The Kier molecular flexibility index (Phi) is 6.70. The summed E-state index contributed by atoms with van der Waals surface area (Å²) in [5.74, 6) is 3.62. The molecule has 0 aliphatic carbocycles. The fraction of sp³-hybridized carbons (Fsp3) is 1.00. The van der Waals surface area contributed by atoms with E-state index in [1.165, 1.54) is 50.2 Å². The van der Waals surface area contributed by atoms with Gasteiger partial charge in [-0.1, -0.05) is 33.1 Å². The second-order valence-corrected chi connectivity index (χ2v) is 5.54. The third-order valence-corrected chi connectivity index (χ3v) is 4.33. The van der Waals surface area contributed by atoms with Crippen LogP contribution in [0.5, 0.6) is 0 Å². The zero-order valence-electron chi connectivity index (χ0n) is 9.72. The molecular formula is C12H25NS. The van der Waals surface area contributed by atoms with E-state index in [4.69, 9.17) is 0 Å². The van der Waals surface area contributed by atoms with Gasteiger partial charge in [0.25, 0.3) is 0 Å². The molecule has 14 heavy (non-hydrogen) atoms. The lowest BCUT2D eigenvalue weighted by atomic mass is 9.99. The molecular weight excluding hydrogens is 190 g/mol. The molecule has 2 atom stereocenters. The van der Waals surface area contributed by atoms with Gasteiger partial charge in [-0.05, 0) is 31.1 Å². The summed E-state index contributed by atoms with van der Waals surface area (Å²) in [6.07, 6.45) is 6.89. The predicted octanol–water partition coefficient (Wildman–Crippen LogP) is 3.30. The first-order valence-corrected chi connectivity index (χ1v) is 7.33. The van der Waals surface area contributed by atoms with Gasteiger partial charge in [0, 0.05) is 11.8 Å². The smallest absolute Gasteiger partial charge is 0.0166 e. The lowest BCUT2D eigenvalue weighted by Crippen LogP contribution is -2.33. The Morgan fingerprint density at radius 2 is 2.29 bits per heavy atom. The van der Waals surface area contributed by atoms with Crippen LogP contribution in [0.3, 0.4) is 0 Å². The van der Waals surface area contributed by atoms with Crippen LogP contribution in [-0.4, -0.2) is 24.1 Å². The molecule has 0 spiro atoms. The van der Waals surface area contributed by atoms with Crippen LogP contribution in [0.25, 0.3) is 0 Å². The van der Waals surface area contributed by atoms with Gasteiger partial charge in [-0.25, -0.2) is 0 Å². The van der Waals surface area contributed by atoms with Crippen LogP contribution in [0.4, 0.5) is 0 Å². The molecule has 1 N–H and O–H groups in total. The summed E-state index contributed by atoms with van der Waals surface area (Å²) in [7, 11) is 0. The molecule has 1 aliphatic heterocycles.